The van der Waals surface area contributed by atoms with Gasteiger partial charge in [-0.1, -0.05) is 29.9 Å². The number of benzene rings is 1. The minimum absolute atomic E-state index is 0.0406. The smallest absolute Gasteiger partial charge is 0.152 e. The lowest BCUT2D eigenvalue weighted by Crippen LogP contribution is -1.91. The summed E-state index contributed by atoms with van der Waals surface area (Å²) in [4.78, 5) is 10.8. The summed E-state index contributed by atoms with van der Waals surface area (Å²) in [6.45, 7) is 9.43. The molecule has 0 saturated heterocycles. The van der Waals surface area contributed by atoms with Crippen molar-refractivity contribution >= 4 is 11.9 Å². The van der Waals surface area contributed by atoms with Crippen molar-refractivity contribution in [1.29, 1.82) is 0 Å². The fourth-order valence-corrected chi connectivity index (χ4v) is 1.94. The predicted octanol–water partition coefficient (Wildman–Crippen LogP) is 4.42. The summed E-state index contributed by atoms with van der Waals surface area (Å²) in [5.74, 6) is 0.382. The number of aromatic hydroxyl groups is 1. The van der Waals surface area contributed by atoms with Crippen LogP contribution in [0.15, 0.2) is 35.9 Å². The van der Waals surface area contributed by atoms with Crippen LogP contribution in [0.1, 0.15) is 36.1 Å². The van der Waals surface area contributed by atoms with Gasteiger partial charge < -0.3 is 5.11 Å². The van der Waals surface area contributed by atoms with Crippen molar-refractivity contribution in [2.75, 3.05) is 0 Å². The monoisotopic (exact) mass is 270 g/mol. The van der Waals surface area contributed by atoms with Crippen molar-refractivity contribution in [3.63, 3.8) is 0 Å². The molecule has 0 fully saturated rings. The van der Waals surface area contributed by atoms with Gasteiger partial charge in [0.2, 0.25) is 0 Å². The van der Waals surface area contributed by atoms with E-state index in [0.29, 0.717) is 5.75 Å². The lowest BCUT2D eigenvalue weighted by Gasteiger charge is -2.10. The van der Waals surface area contributed by atoms with Gasteiger partial charge in [-0.3, -0.25) is 4.79 Å². The molecule has 0 amide bonds. The van der Waals surface area contributed by atoms with Crippen LogP contribution in [0.25, 0.3) is 6.08 Å². The number of phenols is 1. The first-order valence-electron chi connectivity index (χ1n) is 6.66. The van der Waals surface area contributed by atoms with E-state index in [1.807, 2.05) is 45.9 Å². The van der Waals surface area contributed by atoms with Crippen molar-refractivity contribution in [2.24, 2.45) is 0 Å². The third kappa shape index (κ3) is 4.23. The van der Waals surface area contributed by atoms with Crippen LogP contribution in [-0.4, -0.2) is 10.9 Å². The molecule has 0 radical (unpaired) electrons. The number of hydrogen-bond donors (Lipinski definition) is 1. The van der Waals surface area contributed by atoms with Gasteiger partial charge >= 0.3 is 0 Å². The first kappa shape index (κ1) is 16.0. The molecule has 0 heterocycles. The van der Waals surface area contributed by atoms with E-state index in [4.69, 9.17) is 0 Å². The molecule has 1 N–H and O–H groups in total. The van der Waals surface area contributed by atoms with Crippen molar-refractivity contribution in [2.45, 2.75) is 34.6 Å². The number of phenolic OH excluding ortho intramolecular Hbond substituents is 1. The average Bonchev–Trinajstić information content (AvgIpc) is 2.35. The topological polar surface area (TPSA) is 37.3 Å². The second kappa shape index (κ2) is 6.90. The predicted molar refractivity (Wildman–Crippen MR) is 84.9 cm³/mol. The first-order valence-corrected chi connectivity index (χ1v) is 6.66. The zero-order chi connectivity index (χ0) is 15.3. The molecule has 0 atom stereocenters. The Bertz CT molecular complexity index is 602. The maximum Gasteiger partial charge on any atom is 0.152 e. The standard InChI is InChI=1S/C18H22O2/c1-12(7-6-8-14(3)19)9-10-17-13(2)11-18(20)16(5)15(17)4/h6-11,20H,1-5H3/b8-6+,10-9+,12-7+. The highest BCUT2D eigenvalue weighted by atomic mass is 16.3. The van der Waals surface area contributed by atoms with E-state index in [9.17, 15) is 9.90 Å². The summed E-state index contributed by atoms with van der Waals surface area (Å²) in [5, 5.41) is 9.77. The molecule has 0 aliphatic carbocycles. The molecule has 0 aliphatic heterocycles. The maximum absolute atomic E-state index is 10.8. The zero-order valence-electron chi connectivity index (χ0n) is 12.8. The van der Waals surface area contributed by atoms with Gasteiger partial charge in [0.1, 0.15) is 5.75 Å². The Labute approximate surface area is 121 Å². The Kier molecular flexibility index (Phi) is 5.51. The number of carbonyl (C=O) groups excluding carboxylic acids is 1. The van der Waals surface area contributed by atoms with Gasteiger partial charge in [0.25, 0.3) is 0 Å². The Morgan fingerprint density at radius 1 is 1.10 bits per heavy atom. The summed E-state index contributed by atoms with van der Waals surface area (Å²) < 4.78 is 0. The van der Waals surface area contributed by atoms with E-state index in [1.165, 1.54) is 6.92 Å². The highest BCUT2D eigenvalue weighted by Crippen LogP contribution is 2.27. The van der Waals surface area contributed by atoms with Gasteiger partial charge in [-0.25, -0.2) is 0 Å². The molecule has 20 heavy (non-hydrogen) atoms. The van der Waals surface area contributed by atoms with Crippen LogP contribution in [-0.2, 0) is 4.79 Å². The Balaban J connectivity index is 3.02. The molecule has 0 saturated carbocycles. The van der Waals surface area contributed by atoms with E-state index in [-0.39, 0.29) is 5.78 Å². The number of carbonyl (C=O) groups is 1. The van der Waals surface area contributed by atoms with Crippen LogP contribution < -0.4 is 0 Å². The fraction of sp³-hybridized carbons (Fsp3) is 0.278. The van der Waals surface area contributed by atoms with Crippen LogP contribution in [0.3, 0.4) is 0 Å². The Hall–Kier alpha value is -2.09. The lowest BCUT2D eigenvalue weighted by atomic mass is 9.96. The van der Waals surface area contributed by atoms with E-state index in [1.54, 1.807) is 18.2 Å². The molecule has 1 rings (SSSR count). The minimum atomic E-state index is 0.0406. The molecular weight excluding hydrogens is 248 g/mol. The molecule has 0 aliphatic rings. The highest BCUT2D eigenvalue weighted by molar-refractivity contribution is 5.87. The summed E-state index contributed by atoms with van der Waals surface area (Å²) in [7, 11) is 0. The van der Waals surface area contributed by atoms with E-state index in [0.717, 1.165) is 27.8 Å². The van der Waals surface area contributed by atoms with Crippen molar-refractivity contribution < 1.29 is 9.90 Å². The van der Waals surface area contributed by atoms with Gasteiger partial charge in [-0.05, 0) is 69.0 Å². The van der Waals surface area contributed by atoms with Crippen molar-refractivity contribution in [3.05, 3.63) is 58.2 Å². The zero-order valence-corrected chi connectivity index (χ0v) is 12.8. The van der Waals surface area contributed by atoms with Gasteiger partial charge in [0.15, 0.2) is 5.78 Å². The maximum atomic E-state index is 10.8. The van der Waals surface area contributed by atoms with Crippen molar-refractivity contribution in [3.8, 4) is 5.75 Å². The molecule has 1 aromatic rings. The quantitative estimate of drug-likeness (QED) is 0.649. The van der Waals surface area contributed by atoms with E-state index < -0.39 is 0 Å². The molecule has 0 spiro atoms. The normalized spacial score (nSPS) is 12.6. The molecule has 0 unspecified atom stereocenters. The number of hydrogen-bond acceptors (Lipinski definition) is 2. The number of allylic oxidation sites excluding steroid dienone is 5. The summed E-state index contributed by atoms with van der Waals surface area (Å²) >= 11 is 0. The molecule has 1 aromatic carbocycles. The van der Waals surface area contributed by atoms with Gasteiger partial charge in [-0.15, -0.1) is 0 Å². The second-order valence-electron chi connectivity index (χ2n) is 5.09. The summed E-state index contributed by atoms with van der Waals surface area (Å²) in [6, 6.07) is 1.79. The molecule has 0 aromatic heterocycles. The van der Waals surface area contributed by atoms with Gasteiger partial charge in [-0.2, -0.15) is 0 Å². The summed E-state index contributed by atoms with van der Waals surface area (Å²) in [5.41, 5.74) is 5.24. The summed E-state index contributed by atoms with van der Waals surface area (Å²) in [6.07, 6.45) is 9.25. The third-order valence-corrected chi connectivity index (χ3v) is 3.33. The van der Waals surface area contributed by atoms with Crippen LogP contribution in [0, 0.1) is 20.8 Å². The third-order valence-electron chi connectivity index (χ3n) is 3.33. The van der Waals surface area contributed by atoms with Crippen LogP contribution in [0.4, 0.5) is 0 Å². The molecule has 2 heteroatoms. The van der Waals surface area contributed by atoms with E-state index >= 15 is 0 Å². The molecule has 106 valence electrons. The molecular formula is C18H22O2. The van der Waals surface area contributed by atoms with Crippen LogP contribution in [0.2, 0.25) is 0 Å². The Morgan fingerprint density at radius 3 is 2.35 bits per heavy atom. The number of aryl methyl sites for hydroxylation is 1. The lowest BCUT2D eigenvalue weighted by molar-refractivity contribution is -0.112. The average molecular weight is 270 g/mol. The minimum Gasteiger partial charge on any atom is -0.508 e. The second-order valence-corrected chi connectivity index (χ2v) is 5.09. The van der Waals surface area contributed by atoms with Gasteiger partial charge in [0, 0.05) is 0 Å². The van der Waals surface area contributed by atoms with Crippen LogP contribution >= 0.6 is 0 Å². The first-order chi connectivity index (χ1) is 9.32. The van der Waals surface area contributed by atoms with Gasteiger partial charge in [0.05, 0.1) is 0 Å². The van der Waals surface area contributed by atoms with Crippen LogP contribution in [0.5, 0.6) is 5.75 Å². The van der Waals surface area contributed by atoms with E-state index in [2.05, 4.69) is 0 Å². The molecule has 2 nitrogen and oxygen atoms in total. The fourth-order valence-electron chi connectivity index (χ4n) is 1.94. The SMILES string of the molecule is CC(=O)/C=C/C=C(C)/C=C/c1c(C)cc(O)c(C)c1C. The largest absolute Gasteiger partial charge is 0.508 e. The highest BCUT2D eigenvalue weighted by Gasteiger charge is 2.06. The number of ketones is 1. The Morgan fingerprint density at radius 2 is 1.75 bits per heavy atom. The molecule has 0 bridgehead atoms. The number of rotatable bonds is 4. The van der Waals surface area contributed by atoms with Crippen molar-refractivity contribution in [1.82, 2.24) is 0 Å².